The summed E-state index contributed by atoms with van der Waals surface area (Å²) in [7, 11) is 0. The van der Waals surface area contributed by atoms with Crippen LogP contribution < -0.4 is 4.74 Å². The molecule has 0 radical (unpaired) electrons. The lowest BCUT2D eigenvalue weighted by molar-refractivity contribution is 0.301. The molecule has 0 bridgehead atoms. The van der Waals surface area contributed by atoms with Gasteiger partial charge in [0, 0.05) is 4.86 Å². The van der Waals surface area contributed by atoms with Gasteiger partial charge in [-0.3, -0.25) is 0 Å². The van der Waals surface area contributed by atoms with Gasteiger partial charge in [-0.25, -0.2) is 0 Å². The third kappa shape index (κ3) is 13.1. The molecular weight excluding hydrogens is 444 g/mol. The fraction of sp³-hybridized carbons (Fsp3) is 0.545. The number of ether oxygens (including phenoxy) is 1. The van der Waals surface area contributed by atoms with Gasteiger partial charge < -0.3 is 4.74 Å². The second kappa shape index (κ2) is 19.3. The van der Waals surface area contributed by atoms with E-state index in [2.05, 4.69) is 50.3 Å². The van der Waals surface area contributed by atoms with Gasteiger partial charge in [0.05, 0.1) is 6.61 Å². The van der Waals surface area contributed by atoms with Crippen molar-refractivity contribution in [3.05, 3.63) is 71.3 Å². The van der Waals surface area contributed by atoms with E-state index in [1.165, 1.54) is 82.6 Å². The quantitative estimate of drug-likeness (QED) is 0.0786. The van der Waals surface area contributed by atoms with Crippen molar-refractivity contribution in [3.63, 3.8) is 0 Å². The van der Waals surface area contributed by atoms with E-state index in [9.17, 15) is 0 Å². The van der Waals surface area contributed by atoms with Crippen LogP contribution in [0.1, 0.15) is 120 Å². The van der Waals surface area contributed by atoms with Crippen LogP contribution >= 0.6 is 12.2 Å². The molecule has 1 nitrogen and oxygen atoms in total. The minimum absolute atomic E-state index is 0.810. The number of thiocarbonyl (C=S) groups is 1. The zero-order chi connectivity index (χ0) is 25.0. The highest BCUT2D eigenvalue weighted by Crippen LogP contribution is 2.24. The molecule has 0 saturated carbocycles. The maximum absolute atomic E-state index is 6.26. The molecule has 0 aromatic heterocycles. The van der Waals surface area contributed by atoms with Crippen molar-refractivity contribution in [1.29, 1.82) is 0 Å². The Bertz CT molecular complexity index is 839. The minimum Gasteiger partial charge on any atom is -0.493 e. The smallest absolute Gasteiger partial charge is 0.123 e. The monoisotopic (exact) mass is 492 g/mol. The van der Waals surface area contributed by atoms with Gasteiger partial charge in [-0.15, -0.1) is 0 Å². The summed E-state index contributed by atoms with van der Waals surface area (Å²) in [5.74, 6) is 1.04. The zero-order valence-corrected chi connectivity index (χ0v) is 23.2. The molecule has 0 aliphatic heterocycles. The molecule has 2 heteroatoms. The molecule has 35 heavy (non-hydrogen) atoms. The van der Waals surface area contributed by atoms with E-state index < -0.39 is 0 Å². The molecule has 0 aliphatic rings. The van der Waals surface area contributed by atoms with Gasteiger partial charge in [-0.05, 0) is 41.7 Å². The molecule has 2 rings (SSSR count). The summed E-state index contributed by atoms with van der Waals surface area (Å²) in [6, 6.07) is 16.7. The van der Waals surface area contributed by atoms with Gasteiger partial charge in [0.25, 0.3) is 0 Å². The van der Waals surface area contributed by atoms with E-state index in [1.807, 2.05) is 24.3 Å². The maximum atomic E-state index is 6.26. The van der Waals surface area contributed by atoms with Crippen molar-refractivity contribution in [3.8, 4) is 5.75 Å². The van der Waals surface area contributed by atoms with E-state index >= 15 is 0 Å². The van der Waals surface area contributed by atoms with Crippen LogP contribution in [0.2, 0.25) is 0 Å². The highest BCUT2D eigenvalue weighted by molar-refractivity contribution is 7.81. The number of allylic oxidation sites excluding steroid dienone is 1. The van der Waals surface area contributed by atoms with Crippen LogP contribution in [-0.2, 0) is 6.42 Å². The second-order valence-electron chi connectivity index (χ2n) is 9.77. The standard InChI is InChI=1S/C33H48OS/c1-3-5-6-7-8-9-10-11-12-13-14-15-19-27-34-32-28-29(23-25-30(32)20-4-2)24-26-33(35)31-21-17-16-18-22-31/h16-18,21-26,28H,3-15,19-20,27H2,1-2H3. The van der Waals surface area contributed by atoms with E-state index in [0.717, 1.165) is 47.6 Å². The lowest BCUT2D eigenvalue weighted by atomic mass is 10.0. The Morgan fingerprint density at radius 2 is 1.31 bits per heavy atom. The van der Waals surface area contributed by atoms with Crippen molar-refractivity contribution in [1.82, 2.24) is 0 Å². The second-order valence-corrected chi connectivity index (χ2v) is 10.2. The van der Waals surface area contributed by atoms with Crippen molar-refractivity contribution >= 4 is 23.2 Å². The summed E-state index contributed by atoms with van der Waals surface area (Å²) in [6.45, 7) is 5.32. The zero-order valence-electron chi connectivity index (χ0n) is 22.4. The van der Waals surface area contributed by atoms with Gasteiger partial charge in [0.15, 0.2) is 0 Å². The molecule has 0 amide bonds. The van der Waals surface area contributed by atoms with Crippen molar-refractivity contribution < 1.29 is 4.74 Å². The summed E-state index contributed by atoms with van der Waals surface area (Å²) in [6.07, 6.45) is 24.2. The van der Waals surface area contributed by atoms with Crippen LogP contribution in [0.4, 0.5) is 0 Å². The Labute approximate surface area is 221 Å². The SMILES string of the molecule is CCCCCCCCCCCCCCCOc1cc(C=CC(=S)c2ccccc2)ccc1CCC. The fourth-order valence-electron chi connectivity index (χ4n) is 4.46. The molecule has 0 fully saturated rings. The lowest BCUT2D eigenvalue weighted by Gasteiger charge is -2.12. The molecule has 0 atom stereocenters. The molecule has 0 saturated heterocycles. The van der Waals surface area contributed by atoms with Gasteiger partial charge in [0.1, 0.15) is 5.75 Å². The first-order valence-electron chi connectivity index (χ1n) is 14.3. The normalized spacial score (nSPS) is 11.3. The highest BCUT2D eigenvalue weighted by Gasteiger charge is 2.05. The Balaban J connectivity index is 1.66. The molecule has 192 valence electrons. The van der Waals surface area contributed by atoms with Crippen LogP contribution in [0.15, 0.2) is 54.6 Å². The topological polar surface area (TPSA) is 9.23 Å². The van der Waals surface area contributed by atoms with E-state index in [0.29, 0.717) is 0 Å². The van der Waals surface area contributed by atoms with Crippen molar-refractivity contribution in [2.24, 2.45) is 0 Å². The van der Waals surface area contributed by atoms with Crippen molar-refractivity contribution in [2.45, 2.75) is 110 Å². The molecule has 0 unspecified atom stereocenters. The average Bonchev–Trinajstić information content (AvgIpc) is 2.89. The van der Waals surface area contributed by atoms with Crippen LogP contribution in [-0.4, -0.2) is 11.5 Å². The Morgan fingerprint density at radius 3 is 1.91 bits per heavy atom. The number of hydrogen-bond acceptors (Lipinski definition) is 2. The summed E-state index contributed by atoms with van der Waals surface area (Å²) in [5, 5.41) is 0. The van der Waals surface area contributed by atoms with Crippen LogP contribution in [0.3, 0.4) is 0 Å². The Hall–Kier alpha value is -1.93. The van der Waals surface area contributed by atoms with Crippen molar-refractivity contribution in [2.75, 3.05) is 6.61 Å². The molecule has 0 spiro atoms. The lowest BCUT2D eigenvalue weighted by Crippen LogP contribution is -2.01. The summed E-state index contributed by atoms with van der Waals surface area (Å²) >= 11 is 5.57. The predicted octanol–water partition coefficient (Wildman–Crippen LogP) is 10.5. The first kappa shape index (κ1) is 29.3. The summed E-state index contributed by atoms with van der Waals surface area (Å²) in [4.78, 5) is 0.859. The average molecular weight is 493 g/mol. The van der Waals surface area contributed by atoms with Gasteiger partial charge in [-0.1, -0.05) is 158 Å². The summed E-state index contributed by atoms with van der Waals surface area (Å²) < 4.78 is 6.26. The molecule has 2 aromatic rings. The van der Waals surface area contributed by atoms with E-state index in [-0.39, 0.29) is 0 Å². The summed E-state index contributed by atoms with van der Waals surface area (Å²) in [5.41, 5.74) is 3.54. The van der Waals surface area contributed by atoms with E-state index in [4.69, 9.17) is 17.0 Å². The first-order valence-corrected chi connectivity index (χ1v) is 14.7. The number of benzene rings is 2. The molecule has 0 aliphatic carbocycles. The molecule has 2 aromatic carbocycles. The van der Waals surface area contributed by atoms with Gasteiger partial charge in [0.2, 0.25) is 0 Å². The largest absolute Gasteiger partial charge is 0.493 e. The number of aryl methyl sites for hydroxylation is 1. The highest BCUT2D eigenvalue weighted by atomic mass is 32.1. The first-order chi connectivity index (χ1) is 17.2. The number of rotatable bonds is 20. The third-order valence-corrected chi connectivity index (χ3v) is 6.97. The molecule has 0 N–H and O–H groups in total. The minimum atomic E-state index is 0.810. The van der Waals surface area contributed by atoms with Crippen LogP contribution in [0.5, 0.6) is 5.75 Å². The Morgan fingerprint density at radius 1 is 0.714 bits per heavy atom. The predicted molar refractivity (Wildman–Crippen MR) is 159 cm³/mol. The van der Waals surface area contributed by atoms with Gasteiger partial charge in [-0.2, -0.15) is 0 Å². The Kier molecular flexibility index (Phi) is 16.1. The number of unbranched alkanes of at least 4 members (excludes halogenated alkanes) is 12. The van der Waals surface area contributed by atoms with Crippen LogP contribution in [0, 0.1) is 0 Å². The third-order valence-electron chi connectivity index (χ3n) is 6.60. The fourth-order valence-corrected chi connectivity index (χ4v) is 4.66. The number of hydrogen-bond donors (Lipinski definition) is 0. The van der Waals surface area contributed by atoms with E-state index in [1.54, 1.807) is 0 Å². The maximum Gasteiger partial charge on any atom is 0.123 e. The van der Waals surface area contributed by atoms with Crippen LogP contribution in [0.25, 0.3) is 6.08 Å². The molecular formula is C33H48OS. The van der Waals surface area contributed by atoms with Gasteiger partial charge >= 0.3 is 0 Å². The molecule has 0 heterocycles.